The van der Waals surface area contributed by atoms with Crippen molar-refractivity contribution in [3.8, 4) is 11.3 Å². The second kappa shape index (κ2) is 10.4. The Kier molecular flexibility index (Phi) is 7.15. The summed E-state index contributed by atoms with van der Waals surface area (Å²) in [5.74, 6) is 1.03. The fourth-order valence-corrected chi connectivity index (χ4v) is 5.41. The SMILES string of the molecule is Cc1cc(-c2cc(N3CCN(c4ncccc4C(F)(F)F)C[C@H]3C)nc(N3CCCCC3C)n2)ccc1F. The maximum atomic E-state index is 14.0. The molecule has 3 aromatic rings. The number of aromatic nitrogens is 3. The van der Waals surface area contributed by atoms with Gasteiger partial charge >= 0.3 is 6.18 Å². The Morgan fingerprint density at radius 1 is 0.921 bits per heavy atom. The van der Waals surface area contributed by atoms with Crippen LogP contribution in [-0.2, 0) is 6.18 Å². The smallest absolute Gasteiger partial charge is 0.352 e. The summed E-state index contributed by atoms with van der Waals surface area (Å²) in [4.78, 5) is 20.0. The third-order valence-corrected chi connectivity index (χ3v) is 7.53. The molecular formula is C28H32F4N6. The molecule has 2 fully saturated rings. The number of anilines is 3. The summed E-state index contributed by atoms with van der Waals surface area (Å²) in [6, 6.07) is 9.41. The third kappa shape index (κ3) is 5.26. The van der Waals surface area contributed by atoms with Gasteiger partial charge in [0.15, 0.2) is 0 Å². The lowest BCUT2D eigenvalue weighted by molar-refractivity contribution is -0.137. The van der Waals surface area contributed by atoms with E-state index in [1.165, 1.54) is 18.3 Å². The lowest BCUT2D eigenvalue weighted by atomic mass is 10.0. The van der Waals surface area contributed by atoms with Gasteiger partial charge in [0, 0.05) is 56.1 Å². The number of piperazine rings is 1. The summed E-state index contributed by atoms with van der Waals surface area (Å²) >= 11 is 0. The Morgan fingerprint density at radius 3 is 2.45 bits per heavy atom. The maximum absolute atomic E-state index is 14.0. The van der Waals surface area contributed by atoms with Crippen molar-refractivity contribution in [3.05, 3.63) is 59.5 Å². The van der Waals surface area contributed by atoms with E-state index >= 15 is 0 Å². The van der Waals surface area contributed by atoms with Crippen molar-refractivity contribution in [2.24, 2.45) is 0 Å². The molecule has 2 aliphatic rings. The average Bonchev–Trinajstić information content (AvgIpc) is 2.89. The van der Waals surface area contributed by atoms with Crippen LogP contribution >= 0.6 is 0 Å². The van der Waals surface area contributed by atoms with Crippen molar-refractivity contribution in [1.82, 2.24) is 15.0 Å². The molecule has 38 heavy (non-hydrogen) atoms. The van der Waals surface area contributed by atoms with Crippen molar-refractivity contribution in [1.29, 1.82) is 0 Å². The molecule has 5 rings (SSSR count). The van der Waals surface area contributed by atoms with Crippen LogP contribution in [0.15, 0.2) is 42.6 Å². The molecule has 0 aliphatic carbocycles. The normalized spacial score (nSPS) is 20.7. The number of halogens is 4. The summed E-state index contributed by atoms with van der Waals surface area (Å²) < 4.78 is 54.9. The van der Waals surface area contributed by atoms with Crippen molar-refractivity contribution in [2.75, 3.05) is 40.9 Å². The van der Waals surface area contributed by atoms with Gasteiger partial charge in [0.05, 0.1) is 11.3 Å². The number of hydrogen-bond donors (Lipinski definition) is 0. The molecule has 0 radical (unpaired) electrons. The molecule has 10 heteroatoms. The van der Waals surface area contributed by atoms with Gasteiger partial charge in [-0.25, -0.2) is 14.4 Å². The first-order valence-corrected chi connectivity index (χ1v) is 13.1. The summed E-state index contributed by atoms with van der Waals surface area (Å²) in [6.45, 7) is 7.94. The van der Waals surface area contributed by atoms with Gasteiger partial charge in [-0.15, -0.1) is 0 Å². The average molecular weight is 529 g/mol. The molecule has 0 amide bonds. The molecule has 2 aromatic heterocycles. The van der Waals surface area contributed by atoms with Crippen LogP contribution in [0.25, 0.3) is 11.3 Å². The molecule has 0 bridgehead atoms. The second-order valence-electron chi connectivity index (χ2n) is 10.3. The first-order chi connectivity index (χ1) is 18.1. The van der Waals surface area contributed by atoms with Gasteiger partial charge in [-0.05, 0) is 75.9 Å². The summed E-state index contributed by atoms with van der Waals surface area (Å²) in [7, 11) is 0. The number of hydrogen-bond acceptors (Lipinski definition) is 6. The maximum Gasteiger partial charge on any atom is 0.419 e. The minimum atomic E-state index is -4.47. The van der Waals surface area contributed by atoms with Gasteiger partial charge in [-0.2, -0.15) is 18.2 Å². The molecule has 6 nitrogen and oxygen atoms in total. The molecule has 2 atom stereocenters. The quantitative estimate of drug-likeness (QED) is 0.382. The minimum absolute atomic E-state index is 0.0421. The highest BCUT2D eigenvalue weighted by molar-refractivity contribution is 5.66. The molecule has 1 unspecified atom stereocenters. The first kappa shape index (κ1) is 26.2. The minimum Gasteiger partial charge on any atom is -0.352 e. The zero-order chi connectivity index (χ0) is 27.0. The van der Waals surface area contributed by atoms with Crippen LogP contribution < -0.4 is 14.7 Å². The summed E-state index contributed by atoms with van der Waals surface area (Å²) in [5, 5.41) is 0. The van der Waals surface area contributed by atoms with Crippen LogP contribution in [-0.4, -0.2) is 53.2 Å². The van der Waals surface area contributed by atoms with Gasteiger partial charge < -0.3 is 14.7 Å². The predicted octanol–water partition coefficient (Wildman–Crippen LogP) is 6.10. The molecule has 2 aliphatic heterocycles. The Hall–Kier alpha value is -3.43. The fraction of sp³-hybridized carbons (Fsp3) is 0.464. The number of alkyl halides is 3. The largest absolute Gasteiger partial charge is 0.419 e. The van der Waals surface area contributed by atoms with Crippen LogP contribution in [0.5, 0.6) is 0 Å². The summed E-state index contributed by atoms with van der Waals surface area (Å²) in [5.41, 5.74) is 1.31. The van der Waals surface area contributed by atoms with Gasteiger partial charge in [-0.3, -0.25) is 0 Å². The predicted molar refractivity (Wildman–Crippen MR) is 141 cm³/mol. The molecule has 1 aromatic carbocycles. The van der Waals surface area contributed by atoms with Crippen LogP contribution in [0.2, 0.25) is 0 Å². The van der Waals surface area contributed by atoms with E-state index in [1.807, 2.05) is 13.0 Å². The van der Waals surface area contributed by atoms with E-state index in [2.05, 4.69) is 21.7 Å². The second-order valence-corrected chi connectivity index (χ2v) is 10.3. The van der Waals surface area contributed by atoms with Gasteiger partial charge in [-0.1, -0.05) is 0 Å². The topological polar surface area (TPSA) is 48.4 Å². The molecule has 202 valence electrons. The number of benzene rings is 1. The molecule has 0 saturated carbocycles. The van der Waals surface area contributed by atoms with Crippen molar-refractivity contribution in [2.45, 2.75) is 58.3 Å². The lowest BCUT2D eigenvalue weighted by Gasteiger charge is -2.42. The van der Waals surface area contributed by atoms with E-state index in [9.17, 15) is 17.6 Å². The lowest BCUT2D eigenvalue weighted by Crippen LogP contribution is -2.53. The van der Waals surface area contributed by atoms with Gasteiger partial charge in [0.1, 0.15) is 17.5 Å². The van der Waals surface area contributed by atoms with Crippen LogP contribution in [0.1, 0.15) is 44.2 Å². The molecule has 4 heterocycles. The number of pyridine rings is 1. The zero-order valence-electron chi connectivity index (χ0n) is 21.8. The molecule has 2 saturated heterocycles. The Labute approximate surface area is 220 Å². The Bertz CT molecular complexity index is 1300. The summed E-state index contributed by atoms with van der Waals surface area (Å²) in [6.07, 6.45) is 0.199. The number of rotatable bonds is 4. The van der Waals surface area contributed by atoms with Crippen molar-refractivity contribution >= 4 is 17.6 Å². The highest BCUT2D eigenvalue weighted by Gasteiger charge is 2.37. The van der Waals surface area contributed by atoms with E-state index in [0.29, 0.717) is 48.7 Å². The van der Waals surface area contributed by atoms with E-state index in [4.69, 9.17) is 9.97 Å². The third-order valence-electron chi connectivity index (χ3n) is 7.53. The van der Waals surface area contributed by atoms with E-state index in [0.717, 1.165) is 37.4 Å². The monoisotopic (exact) mass is 528 g/mol. The van der Waals surface area contributed by atoms with Crippen molar-refractivity contribution in [3.63, 3.8) is 0 Å². The van der Waals surface area contributed by atoms with E-state index in [1.54, 1.807) is 24.0 Å². The van der Waals surface area contributed by atoms with Crippen LogP contribution in [0, 0.1) is 12.7 Å². The highest BCUT2D eigenvalue weighted by atomic mass is 19.4. The Balaban J connectivity index is 1.48. The standard InChI is InChI=1S/C28H32F4N6/c1-18-15-21(9-10-23(18)29)24-16-25(35-27(34-24)38-12-5-4-7-19(38)2)37-14-13-36(17-20(37)3)26-22(28(30,31)32)8-6-11-33-26/h6,8-11,15-16,19-20H,4-5,7,12-14,17H2,1-3H3/t19?,20-/m1/s1. The molecular weight excluding hydrogens is 496 g/mol. The Morgan fingerprint density at radius 2 is 1.74 bits per heavy atom. The first-order valence-electron chi connectivity index (χ1n) is 13.1. The van der Waals surface area contributed by atoms with E-state index < -0.39 is 11.7 Å². The highest BCUT2D eigenvalue weighted by Crippen LogP contribution is 2.36. The zero-order valence-corrected chi connectivity index (χ0v) is 21.8. The number of aryl methyl sites for hydroxylation is 1. The van der Waals surface area contributed by atoms with Gasteiger partial charge in [0.2, 0.25) is 5.95 Å². The number of nitrogens with zero attached hydrogens (tertiary/aromatic N) is 6. The fourth-order valence-electron chi connectivity index (χ4n) is 5.41. The molecule has 0 spiro atoms. The van der Waals surface area contributed by atoms with Crippen LogP contribution in [0.4, 0.5) is 35.1 Å². The molecule has 0 N–H and O–H groups in total. The van der Waals surface area contributed by atoms with Crippen molar-refractivity contribution < 1.29 is 17.6 Å². The van der Waals surface area contributed by atoms with E-state index in [-0.39, 0.29) is 17.7 Å². The number of piperidine rings is 1. The van der Waals surface area contributed by atoms with Crippen LogP contribution in [0.3, 0.4) is 0 Å². The van der Waals surface area contributed by atoms with Gasteiger partial charge in [0.25, 0.3) is 0 Å².